The highest BCUT2D eigenvalue weighted by Gasteiger charge is 2.69. The van der Waals surface area contributed by atoms with Crippen LogP contribution in [0.15, 0.2) is 46.5 Å². The van der Waals surface area contributed by atoms with Crippen molar-refractivity contribution in [2.75, 3.05) is 14.1 Å². The van der Waals surface area contributed by atoms with Crippen molar-refractivity contribution in [3.63, 3.8) is 0 Å². The van der Waals surface area contributed by atoms with Crippen molar-refractivity contribution in [2.45, 2.75) is 90.2 Å². The van der Waals surface area contributed by atoms with Crippen molar-refractivity contribution in [1.29, 1.82) is 0 Å². The molecule has 0 aliphatic heterocycles. The molecule has 1 fully saturated rings. The Labute approximate surface area is 290 Å². The van der Waals surface area contributed by atoms with Gasteiger partial charge in [-0.05, 0) is 92.7 Å². The van der Waals surface area contributed by atoms with Crippen LogP contribution in [0.1, 0.15) is 77.2 Å². The number of ether oxygens (including phenoxy) is 2. The second kappa shape index (κ2) is 12.1. The summed E-state index contributed by atoms with van der Waals surface area (Å²) in [5.41, 5.74) is -0.0978. The van der Waals surface area contributed by atoms with E-state index < -0.39 is 66.3 Å². The van der Waals surface area contributed by atoms with Crippen LogP contribution in [-0.2, 0) is 22.2 Å². The van der Waals surface area contributed by atoms with E-state index in [0.29, 0.717) is 11.1 Å². The minimum atomic E-state index is -4.97. The van der Waals surface area contributed by atoms with Crippen molar-refractivity contribution >= 4 is 25.6 Å². The fourth-order valence-electron chi connectivity index (χ4n) is 7.52. The zero-order chi connectivity index (χ0) is 36.7. The standard InChI is InChI=1S/C37H43F3N2O7Si/c1-19-15-25(47-37(38,39)40)23-16-22-17-24-29(42(6)7)31-28(34(41-48-31)46-18-21-13-11-10-12-14-21)33(45)36(24,49-50(8,9)35(3,4)5)32(44)27(22)30(43)26(23)20(19)2/h10-15,22,24,29,43H,16-18H2,1-9H3/t22-,24-,29-,36-/m0/s1. The normalized spacial score (nSPS) is 23.7. The fraction of sp³-hybridized carbons (Fsp3) is 0.486. The second-order valence-electron chi connectivity index (χ2n) is 15.4. The number of hydrogen-bond acceptors (Lipinski definition) is 9. The van der Waals surface area contributed by atoms with Crippen molar-refractivity contribution in [1.82, 2.24) is 10.1 Å². The Balaban J connectivity index is 1.58. The number of Topliss-reactive ketones (excluding diaryl/α,β-unsaturated/α-hetero) is 2. The molecule has 13 heteroatoms. The molecule has 1 aromatic heterocycles. The van der Waals surface area contributed by atoms with Gasteiger partial charge in [0.1, 0.15) is 23.7 Å². The highest BCUT2D eigenvalue weighted by atomic mass is 28.4. The lowest BCUT2D eigenvalue weighted by atomic mass is 9.57. The Morgan fingerprint density at radius 2 is 1.72 bits per heavy atom. The van der Waals surface area contributed by atoms with E-state index in [9.17, 15) is 18.3 Å². The highest BCUT2D eigenvalue weighted by Crippen LogP contribution is 2.59. The summed E-state index contributed by atoms with van der Waals surface area (Å²) in [5.74, 6) is -3.71. The van der Waals surface area contributed by atoms with Crippen LogP contribution in [0.25, 0.3) is 5.76 Å². The molecule has 50 heavy (non-hydrogen) atoms. The molecular formula is C37H43F3N2O7Si. The van der Waals surface area contributed by atoms with Gasteiger partial charge in [0.25, 0.3) is 5.88 Å². The van der Waals surface area contributed by atoms with Crippen LogP contribution in [0.4, 0.5) is 13.2 Å². The number of fused-ring (bicyclic) bond motifs is 4. The molecule has 9 nitrogen and oxygen atoms in total. The lowest BCUT2D eigenvalue weighted by Crippen LogP contribution is -2.68. The number of aromatic nitrogens is 1. The van der Waals surface area contributed by atoms with E-state index in [1.165, 1.54) is 6.07 Å². The number of aliphatic hydroxyl groups is 1. The van der Waals surface area contributed by atoms with Gasteiger partial charge in [0.05, 0.1) is 6.04 Å². The molecule has 2 aromatic carbocycles. The van der Waals surface area contributed by atoms with Crippen molar-refractivity contribution < 1.29 is 46.3 Å². The summed E-state index contributed by atoms with van der Waals surface area (Å²) in [7, 11) is 0.628. The molecule has 0 amide bonds. The molecule has 0 radical (unpaired) electrons. The Hall–Kier alpha value is -3.94. The molecule has 0 saturated heterocycles. The second-order valence-corrected chi connectivity index (χ2v) is 20.1. The highest BCUT2D eigenvalue weighted by molar-refractivity contribution is 6.74. The third-order valence-corrected chi connectivity index (χ3v) is 15.5. The third kappa shape index (κ3) is 5.67. The maximum absolute atomic E-state index is 15.4. The number of nitrogens with zero attached hydrogens (tertiary/aromatic N) is 2. The average molecular weight is 713 g/mol. The third-order valence-electron chi connectivity index (χ3n) is 11.0. The first kappa shape index (κ1) is 35.9. The number of carbonyl (C=O) groups is 2. The Kier molecular flexibility index (Phi) is 8.67. The van der Waals surface area contributed by atoms with Gasteiger partial charge in [-0.3, -0.25) is 14.5 Å². The molecule has 1 N–H and O–H groups in total. The molecule has 3 aliphatic rings. The van der Waals surface area contributed by atoms with E-state index in [2.05, 4.69) is 9.89 Å². The first-order valence-electron chi connectivity index (χ1n) is 16.6. The quantitative estimate of drug-likeness (QED) is 0.192. The summed E-state index contributed by atoms with van der Waals surface area (Å²) in [6.07, 6.45) is -4.88. The van der Waals surface area contributed by atoms with Crippen LogP contribution in [-0.4, -0.2) is 61.1 Å². The lowest BCUT2D eigenvalue weighted by Gasteiger charge is -2.55. The zero-order valence-corrected chi connectivity index (χ0v) is 30.7. The van der Waals surface area contributed by atoms with Crippen LogP contribution in [0.2, 0.25) is 18.1 Å². The van der Waals surface area contributed by atoms with E-state index in [0.717, 1.165) is 5.56 Å². The maximum Gasteiger partial charge on any atom is 0.573 e. The summed E-state index contributed by atoms with van der Waals surface area (Å²) in [6.45, 7) is 13.3. The van der Waals surface area contributed by atoms with E-state index in [1.54, 1.807) is 27.9 Å². The zero-order valence-electron chi connectivity index (χ0n) is 29.7. The largest absolute Gasteiger partial charge is 0.573 e. The molecule has 6 rings (SSSR count). The monoisotopic (exact) mass is 712 g/mol. The van der Waals surface area contributed by atoms with E-state index in [4.69, 9.17) is 13.7 Å². The van der Waals surface area contributed by atoms with Gasteiger partial charge < -0.3 is 23.5 Å². The Morgan fingerprint density at radius 1 is 1.06 bits per heavy atom. The van der Waals surface area contributed by atoms with Gasteiger partial charge in [0, 0.05) is 22.6 Å². The molecule has 0 bridgehead atoms. The predicted molar refractivity (Wildman–Crippen MR) is 182 cm³/mol. The van der Waals surface area contributed by atoms with Gasteiger partial charge in [0.15, 0.2) is 19.7 Å². The number of aliphatic hydroxyl groups excluding tert-OH is 1. The van der Waals surface area contributed by atoms with Crippen LogP contribution in [0.3, 0.4) is 0 Å². The van der Waals surface area contributed by atoms with Gasteiger partial charge in [-0.2, -0.15) is 0 Å². The lowest BCUT2D eigenvalue weighted by molar-refractivity contribution is -0.275. The van der Waals surface area contributed by atoms with Crippen LogP contribution >= 0.6 is 0 Å². The number of rotatable bonds is 7. The molecule has 268 valence electrons. The molecule has 0 unspecified atom stereocenters. The van der Waals surface area contributed by atoms with Gasteiger partial charge >= 0.3 is 6.36 Å². The maximum atomic E-state index is 15.4. The first-order valence-corrected chi connectivity index (χ1v) is 19.5. The van der Waals surface area contributed by atoms with Crippen LogP contribution in [0.5, 0.6) is 11.6 Å². The number of carbonyl (C=O) groups excluding carboxylic acids is 2. The number of aryl methyl sites for hydroxylation is 1. The average Bonchev–Trinajstić information content (AvgIpc) is 3.42. The van der Waals surface area contributed by atoms with Gasteiger partial charge in [-0.25, -0.2) is 0 Å². The molecular weight excluding hydrogens is 669 g/mol. The predicted octanol–water partition coefficient (Wildman–Crippen LogP) is 8.06. The summed E-state index contributed by atoms with van der Waals surface area (Å²) in [4.78, 5) is 32.5. The Bertz CT molecular complexity index is 1890. The van der Waals surface area contributed by atoms with E-state index in [-0.39, 0.29) is 53.4 Å². The molecule has 4 atom stereocenters. The topological polar surface area (TPSA) is 111 Å². The van der Waals surface area contributed by atoms with Gasteiger partial charge in [-0.15, -0.1) is 13.2 Å². The van der Waals surface area contributed by atoms with Crippen LogP contribution in [0, 0.1) is 25.7 Å². The van der Waals surface area contributed by atoms with E-state index in [1.807, 2.05) is 69.1 Å². The van der Waals surface area contributed by atoms with Crippen molar-refractivity contribution in [3.8, 4) is 11.6 Å². The minimum absolute atomic E-state index is 0.00516. The number of benzene rings is 2. The summed E-state index contributed by atoms with van der Waals surface area (Å²) in [5, 5.41) is 15.7. The molecule has 3 aromatic rings. The van der Waals surface area contributed by atoms with E-state index >= 15 is 9.59 Å². The summed E-state index contributed by atoms with van der Waals surface area (Å²) < 4.78 is 64.3. The minimum Gasteiger partial charge on any atom is -0.507 e. The number of alkyl halides is 3. The van der Waals surface area contributed by atoms with Gasteiger partial charge in [0.2, 0.25) is 11.6 Å². The number of hydrogen-bond donors (Lipinski definition) is 1. The van der Waals surface area contributed by atoms with Crippen LogP contribution < -0.4 is 9.47 Å². The van der Waals surface area contributed by atoms with Crippen molar-refractivity contribution in [3.05, 3.63) is 81.1 Å². The van der Waals surface area contributed by atoms with Crippen molar-refractivity contribution in [2.24, 2.45) is 11.8 Å². The Morgan fingerprint density at radius 3 is 2.32 bits per heavy atom. The fourth-order valence-corrected chi connectivity index (χ4v) is 8.97. The van der Waals surface area contributed by atoms with Gasteiger partial charge in [-0.1, -0.05) is 51.1 Å². The SMILES string of the molecule is Cc1cc(OC(F)(F)F)c2c(c1C)C(O)=C1C(=O)[C@]3(O[Si](C)(C)C(C)(C)C)C(=O)c4c(OCc5ccccc5)noc4[C@@H](N(C)C)[C@@H]3C[C@@H]1C2. The molecule has 3 aliphatic carbocycles. The number of ketones is 2. The smallest absolute Gasteiger partial charge is 0.507 e. The first-order chi connectivity index (χ1) is 23.2. The molecule has 1 heterocycles. The number of halogens is 3. The summed E-state index contributed by atoms with van der Waals surface area (Å²) in [6, 6.07) is 9.91. The molecule has 1 saturated carbocycles. The molecule has 0 spiro atoms. The summed E-state index contributed by atoms with van der Waals surface area (Å²) >= 11 is 0.